The summed E-state index contributed by atoms with van der Waals surface area (Å²) >= 11 is 3.19. The molecule has 1 aliphatic heterocycles. The van der Waals surface area contributed by atoms with Crippen LogP contribution in [0, 0.1) is 6.92 Å². The van der Waals surface area contributed by atoms with Crippen molar-refractivity contribution in [3.8, 4) is 0 Å². The quantitative estimate of drug-likeness (QED) is 0.864. The lowest BCUT2D eigenvalue weighted by molar-refractivity contribution is 0.0750. The lowest BCUT2D eigenvalue weighted by atomic mass is 10.2. The highest BCUT2D eigenvalue weighted by molar-refractivity contribution is 7.14. The summed E-state index contributed by atoms with van der Waals surface area (Å²) in [5.41, 5.74) is 0.862. The van der Waals surface area contributed by atoms with Crippen LogP contribution in [0.2, 0.25) is 0 Å². The van der Waals surface area contributed by atoms with Gasteiger partial charge in [-0.1, -0.05) is 13.8 Å². The van der Waals surface area contributed by atoms with Crippen molar-refractivity contribution in [3.05, 3.63) is 27.2 Å². The molecule has 1 amide bonds. The molecular weight excluding hydrogens is 316 g/mol. The van der Waals surface area contributed by atoms with Gasteiger partial charge in [0.2, 0.25) is 0 Å². The van der Waals surface area contributed by atoms with E-state index in [9.17, 15) is 4.79 Å². The van der Waals surface area contributed by atoms with Gasteiger partial charge in [0, 0.05) is 43.7 Å². The average molecular weight is 336 g/mol. The van der Waals surface area contributed by atoms with Gasteiger partial charge in [-0.3, -0.25) is 4.79 Å². The summed E-state index contributed by atoms with van der Waals surface area (Å²) in [5.74, 6) is 0.493. The van der Waals surface area contributed by atoms with Crippen LogP contribution in [0.3, 0.4) is 0 Å². The van der Waals surface area contributed by atoms with Crippen LogP contribution in [0.15, 0.2) is 11.6 Å². The zero-order valence-corrected chi connectivity index (χ0v) is 14.7. The van der Waals surface area contributed by atoms with E-state index < -0.39 is 0 Å². The van der Waals surface area contributed by atoms with E-state index in [1.807, 2.05) is 23.4 Å². The van der Waals surface area contributed by atoms with Crippen molar-refractivity contribution >= 4 is 33.7 Å². The molecule has 0 bridgehead atoms. The van der Waals surface area contributed by atoms with Crippen molar-refractivity contribution in [2.24, 2.45) is 0 Å². The van der Waals surface area contributed by atoms with Crippen LogP contribution in [0.5, 0.6) is 0 Å². The molecule has 2 aromatic heterocycles. The number of amides is 1. The maximum Gasteiger partial charge on any atom is 0.265 e. The van der Waals surface area contributed by atoms with Crippen molar-refractivity contribution in [2.45, 2.75) is 26.7 Å². The second-order valence-corrected chi connectivity index (χ2v) is 7.62. The maximum atomic E-state index is 12.7. The van der Waals surface area contributed by atoms with Crippen LogP contribution in [-0.4, -0.2) is 47.0 Å². The van der Waals surface area contributed by atoms with Gasteiger partial charge in [-0.15, -0.1) is 22.7 Å². The molecule has 0 atom stereocenters. The average Bonchev–Trinajstić information content (AvgIpc) is 3.16. The molecule has 1 fully saturated rings. The number of aryl methyl sites for hydroxylation is 1. The molecule has 3 rings (SSSR count). The number of aromatic nitrogens is 2. The number of hydrogen-bond acceptors (Lipinski definition) is 6. The fraction of sp³-hybridized carbons (Fsp3) is 0.533. The van der Waals surface area contributed by atoms with E-state index >= 15 is 0 Å². The molecule has 0 N–H and O–H groups in total. The molecule has 1 aliphatic rings. The Balaban J connectivity index is 1.67. The van der Waals surface area contributed by atoms with E-state index in [1.54, 1.807) is 22.7 Å². The zero-order chi connectivity index (χ0) is 15.7. The topological polar surface area (TPSA) is 49.3 Å². The third-order valence-electron chi connectivity index (χ3n) is 3.76. The second kappa shape index (κ2) is 6.34. The maximum absolute atomic E-state index is 12.7. The molecule has 0 aromatic carbocycles. The summed E-state index contributed by atoms with van der Waals surface area (Å²) in [6.45, 7) is 9.32. The number of nitrogens with zero attached hydrogens (tertiary/aromatic N) is 4. The number of hydrogen-bond donors (Lipinski definition) is 0. The van der Waals surface area contributed by atoms with Gasteiger partial charge in [-0.2, -0.15) is 0 Å². The number of piperazine rings is 1. The number of carbonyl (C=O) groups excluding carboxylic acids is 1. The summed E-state index contributed by atoms with van der Waals surface area (Å²) < 4.78 is 0. The Morgan fingerprint density at radius 1 is 1.27 bits per heavy atom. The molecule has 0 aliphatic carbocycles. The summed E-state index contributed by atoms with van der Waals surface area (Å²) in [6, 6.07) is 0. The first-order chi connectivity index (χ1) is 10.6. The van der Waals surface area contributed by atoms with E-state index in [1.165, 1.54) is 0 Å². The van der Waals surface area contributed by atoms with Gasteiger partial charge in [0.15, 0.2) is 5.13 Å². The summed E-state index contributed by atoms with van der Waals surface area (Å²) in [4.78, 5) is 26.6. The minimum absolute atomic E-state index is 0.126. The van der Waals surface area contributed by atoms with Gasteiger partial charge in [0.1, 0.15) is 4.88 Å². The van der Waals surface area contributed by atoms with Crippen molar-refractivity contribution < 1.29 is 4.79 Å². The highest BCUT2D eigenvalue weighted by Gasteiger charge is 2.26. The molecule has 2 aromatic rings. The summed E-state index contributed by atoms with van der Waals surface area (Å²) in [7, 11) is 0. The Hall–Kier alpha value is -1.47. The van der Waals surface area contributed by atoms with Crippen molar-refractivity contribution in [2.75, 3.05) is 31.1 Å². The van der Waals surface area contributed by atoms with Crippen molar-refractivity contribution in [1.82, 2.24) is 14.9 Å². The lowest BCUT2D eigenvalue weighted by Crippen LogP contribution is -2.48. The van der Waals surface area contributed by atoms with E-state index in [2.05, 4.69) is 28.7 Å². The van der Waals surface area contributed by atoms with Crippen LogP contribution in [0.4, 0.5) is 5.13 Å². The Morgan fingerprint density at radius 3 is 2.55 bits per heavy atom. The minimum atomic E-state index is 0.126. The standard InChI is InChI=1S/C15H20N4OS2/c1-10(2)13-17-11(3)12(22-13)14(20)18-5-7-19(8-6-18)15-16-4-9-21-15/h4,9-10H,5-8H2,1-3H3. The molecule has 7 heteroatoms. The van der Waals surface area contributed by atoms with Crippen LogP contribution in [-0.2, 0) is 0 Å². The van der Waals surface area contributed by atoms with Crippen molar-refractivity contribution in [1.29, 1.82) is 0 Å². The van der Waals surface area contributed by atoms with Gasteiger partial charge in [0.05, 0.1) is 10.7 Å². The van der Waals surface area contributed by atoms with Gasteiger partial charge in [-0.05, 0) is 6.92 Å². The van der Waals surface area contributed by atoms with Crippen molar-refractivity contribution in [3.63, 3.8) is 0 Å². The summed E-state index contributed by atoms with van der Waals surface area (Å²) in [5, 5.41) is 4.08. The Kier molecular flexibility index (Phi) is 4.44. The normalized spacial score (nSPS) is 15.6. The Labute approximate surface area is 138 Å². The Bertz CT molecular complexity index is 643. The van der Waals surface area contributed by atoms with E-state index in [0.29, 0.717) is 5.92 Å². The number of rotatable bonds is 3. The molecule has 1 saturated heterocycles. The second-order valence-electron chi connectivity index (χ2n) is 5.72. The molecule has 5 nitrogen and oxygen atoms in total. The molecule has 0 radical (unpaired) electrons. The predicted molar refractivity (Wildman–Crippen MR) is 91.2 cm³/mol. The van der Waals surface area contributed by atoms with Crippen LogP contribution in [0.1, 0.15) is 40.1 Å². The predicted octanol–water partition coefficient (Wildman–Crippen LogP) is 2.99. The van der Waals surface area contributed by atoms with Crippen LogP contribution in [0.25, 0.3) is 0 Å². The number of anilines is 1. The first-order valence-electron chi connectivity index (χ1n) is 7.47. The highest BCUT2D eigenvalue weighted by Crippen LogP contribution is 2.26. The monoisotopic (exact) mass is 336 g/mol. The third-order valence-corrected chi connectivity index (χ3v) is 6.04. The molecule has 0 saturated carbocycles. The van der Waals surface area contributed by atoms with Gasteiger partial charge < -0.3 is 9.80 Å². The van der Waals surface area contributed by atoms with Gasteiger partial charge in [-0.25, -0.2) is 9.97 Å². The fourth-order valence-electron chi connectivity index (χ4n) is 2.48. The molecule has 0 unspecified atom stereocenters. The van der Waals surface area contributed by atoms with E-state index in [4.69, 9.17) is 0 Å². The fourth-order valence-corrected chi connectivity index (χ4v) is 4.21. The Morgan fingerprint density at radius 2 is 2.00 bits per heavy atom. The lowest BCUT2D eigenvalue weighted by Gasteiger charge is -2.34. The largest absolute Gasteiger partial charge is 0.345 e. The molecule has 22 heavy (non-hydrogen) atoms. The number of thiazole rings is 2. The van der Waals surface area contributed by atoms with E-state index in [-0.39, 0.29) is 5.91 Å². The smallest absolute Gasteiger partial charge is 0.265 e. The molecule has 3 heterocycles. The first-order valence-corrected chi connectivity index (χ1v) is 9.17. The number of carbonyl (C=O) groups is 1. The molecular formula is C15H20N4OS2. The highest BCUT2D eigenvalue weighted by atomic mass is 32.1. The van der Waals surface area contributed by atoms with Gasteiger partial charge in [0.25, 0.3) is 5.91 Å². The third kappa shape index (κ3) is 3.01. The van der Waals surface area contributed by atoms with Crippen LogP contribution >= 0.6 is 22.7 Å². The molecule has 0 spiro atoms. The SMILES string of the molecule is Cc1nc(C(C)C)sc1C(=O)N1CCN(c2nccs2)CC1. The minimum Gasteiger partial charge on any atom is -0.345 e. The zero-order valence-electron chi connectivity index (χ0n) is 13.1. The first kappa shape index (κ1) is 15.4. The summed E-state index contributed by atoms with van der Waals surface area (Å²) in [6.07, 6.45) is 1.83. The van der Waals surface area contributed by atoms with Crippen LogP contribution < -0.4 is 4.90 Å². The van der Waals surface area contributed by atoms with Gasteiger partial charge >= 0.3 is 0 Å². The van der Waals surface area contributed by atoms with E-state index in [0.717, 1.165) is 46.9 Å². The molecule has 118 valence electrons.